The molecule has 0 atom stereocenters. The predicted octanol–water partition coefficient (Wildman–Crippen LogP) is 1.23. The SMILES string of the molecule is Cc1nc2nc(CC(C)C)[nH]n2c(=O)c1C. The molecule has 0 spiro atoms. The molecular formula is C11H16N4O. The molecule has 0 bridgehead atoms. The average Bonchev–Trinajstić information content (AvgIpc) is 2.56. The third-order valence-corrected chi connectivity index (χ3v) is 2.61. The zero-order valence-electron chi connectivity index (χ0n) is 10.0. The normalized spacial score (nSPS) is 11.6. The Kier molecular flexibility index (Phi) is 2.53. The van der Waals surface area contributed by atoms with E-state index in [0.29, 0.717) is 17.3 Å². The van der Waals surface area contributed by atoms with E-state index < -0.39 is 0 Å². The Labute approximate surface area is 93.5 Å². The molecule has 0 radical (unpaired) electrons. The minimum atomic E-state index is -0.0648. The fourth-order valence-corrected chi connectivity index (χ4v) is 1.63. The predicted molar refractivity (Wildman–Crippen MR) is 61.6 cm³/mol. The second kappa shape index (κ2) is 3.73. The summed E-state index contributed by atoms with van der Waals surface area (Å²) in [5.74, 6) is 1.77. The summed E-state index contributed by atoms with van der Waals surface area (Å²) in [5.41, 5.74) is 1.34. The molecule has 0 amide bonds. The number of nitrogens with zero attached hydrogens (tertiary/aromatic N) is 3. The molecule has 0 unspecified atom stereocenters. The lowest BCUT2D eigenvalue weighted by Crippen LogP contribution is -2.19. The summed E-state index contributed by atoms with van der Waals surface area (Å²) < 4.78 is 1.42. The number of nitrogens with one attached hydrogen (secondary N) is 1. The summed E-state index contributed by atoms with van der Waals surface area (Å²) in [6.45, 7) is 7.83. The van der Waals surface area contributed by atoms with Crippen molar-refractivity contribution in [2.75, 3.05) is 0 Å². The van der Waals surface area contributed by atoms with Crippen molar-refractivity contribution in [3.05, 3.63) is 27.4 Å². The highest BCUT2D eigenvalue weighted by atomic mass is 16.1. The molecule has 5 heteroatoms. The molecule has 2 heterocycles. The highest BCUT2D eigenvalue weighted by molar-refractivity contribution is 5.31. The number of aryl methyl sites for hydroxylation is 1. The minimum Gasteiger partial charge on any atom is -0.275 e. The zero-order valence-corrected chi connectivity index (χ0v) is 10.0. The van der Waals surface area contributed by atoms with Gasteiger partial charge in [0, 0.05) is 17.7 Å². The van der Waals surface area contributed by atoms with Gasteiger partial charge in [0.2, 0.25) is 0 Å². The maximum Gasteiger partial charge on any atom is 0.277 e. The molecule has 0 aliphatic heterocycles. The van der Waals surface area contributed by atoms with Gasteiger partial charge in [0.05, 0.1) is 0 Å². The van der Waals surface area contributed by atoms with Crippen LogP contribution in [-0.2, 0) is 6.42 Å². The van der Waals surface area contributed by atoms with Crippen LogP contribution in [0.2, 0.25) is 0 Å². The third-order valence-electron chi connectivity index (χ3n) is 2.61. The number of aromatic nitrogens is 4. The Hall–Kier alpha value is -1.65. The van der Waals surface area contributed by atoms with Crippen LogP contribution in [0, 0.1) is 19.8 Å². The van der Waals surface area contributed by atoms with Crippen LogP contribution in [0.1, 0.15) is 30.9 Å². The Morgan fingerprint density at radius 3 is 2.62 bits per heavy atom. The molecule has 0 fully saturated rings. The number of H-pyrrole nitrogens is 1. The highest BCUT2D eigenvalue weighted by Crippen LogP contribution is 2.05. The first kappa shape index (κ1) is 10.9. The molecule has 16 heavy (non-hydrogen) atoms. The quantitative estimate of drug-likeness (QED) is 0.828. The maximum atomic E-state index is 11.9. The van der Waals surface area contributed by atoms with Gasteiger partial charge in [0.15, 0.2) is 0 Å². The molecule has 0 aliphatic carbocycles. The topological polar surface area (TPSA) is 63.1 Å². The van der Waals surface area contributed by atoms with E-state index in [1.807, 2.05) is 6.92 Å². The van der Waals surface area contributed by atoms with Crippen molar-refractivity contribution < 1.29 is 0 Å². The molecule has 5 nitrogen and oxygen atoms in total. The lowest BCUT2D eigenvalue weighted by Gasteiger charge is -1.98. The van der Waals surface area contributed by atoms with Crippen LogP contribution in [-0.4, -0.2) is 19.6 Å². The van der Waals surface area contributed by atoms with E-state index in [-0.39, 0.29) is 5.56 Å². The van der Waals surface area contributed by atoms with E-state index in [9.17, 15) is 4.79 Å². The van der Waals surface area contributed by atoms with Crippen LogP contribution in [0.25, 0.3) is 5.78 Å². The van der Waals surface area contributed by atoms with E-state index in [0.717, 1.165) is 17.9 Å². The van der Waals surface area contributed by atoms with E-state index in [1.165, 1.54) is 4.52 Å². The summed E-state index contributed by atoms with van der Waals surface area (Å²) >= 11 is 0. The number of hydrogen-bond acceptors (Lipinski definition) is 3. The lowest BCUT2D eigenvalue weighted by molar-refractivity contribution is 0.619. The first-order chi connectivity index (χ1) is 7.49. The van der Waals surface area contributed by atoms with Crippen LogP contribution in [0.4, 0.5) is 0 Å². The van der Waals surface area contributed by atoms with Crippen molar-refractivity contribution in [3.63, 3.8) is 0 Å². The summed E-state index contributed by atoms with van der Waals surface area (Å²) in [4.78, 5) is 20.5. The van der Waals surface area contributed by atoms with Gasteiger partial charge in [0.25, 0.3) is 11.3 Å². The highest BCUT2D eigenvalue weighted by Gasteiger charge is 2.10. The van der Waals surface area contributed by atoms with Gasteiger partial charge in [-0.1, -0.05) is 13.8 Å². The van der Waals surface area contributed by atoms with Crippen LogP contribution in [0.5, 0.6) is 0 Å². The average molecular weight is 220 g/mol. The van der Waals surface area contributed by atoms with Crippen LogP contribution >= 0.6 is 0 Å². The molecule has 0 saturated carbocycles. The number of rotatable bonds is 2. The number of hydrogen-bond donors (Lipinski definition) is 1. The van der Waals surface area contributed by atoms with Crippen molar-refractivity contribution in [2.45, 2.75) is 34.1 Å². The summed E-state index contributed by atoms with van der Waals surface area (Å²) in [5, 5.41) is 2.99. The fraction of sp³-hybridized carbons (Fsp3) is 0.545. The molecule has 0 saturated heterocycles. The largest absolute Gasteiger partial charge is 0.277 e. The van der Waals surface area contributed by atoms with Gasteiger partial charge in [-0.05, 0) is 19.8 Å². The molecule has 86 valence electrons. The van der Waals surface area contributed by atoms with Gasteiger partial charge in [-0.3, -0.25) is 9.89 Å². The van der Waals surface area contributed by atoms with Crippen molar-refractivity contribution in [2.24, 2.45) is 5.92 Å². The molecule has 2 aromatic rings. The third kappa shape index (κ3) is 1.73. The molecule has 0 aliphatic rings. The van der Waals surface area contributed by atoms with Crippen molar-refractivity contribution >= 4 is 5.78 Å². The van der Waals surface area contributed by atoms with Crippen molar-refractivity contribution in [3.8, 4) is 0 Å². The number of fused-ring (bicyclic) bond motifs is 1. The van der Waals surface area contributed by atoms with E-state index in [1.54, 1.807) is 6.92 Å². The molecule has 2 aromatic heterocycles. The van der Waals surface area contributed by atoms with Gasteiger partial charge < -0.3 is 0 Å². The van der Waals surface area contributed by atoms with Crippen LogP contribution in [0.15, 0.2) is 4.79 Å². The fourth-order valence-electron chi connectivity index (χ4n) is 1.63. The minimum absolute atomic E-state index is 0.0648. The smallest absolute Gasteiger partial charge is 0.275 e. The Balaban J connectivity index is 2.62. The molecule has 1 N–H and O–H groups in total. The first-order valence-electron chi connectivity index (χ1n) is 5.44. The second-order valence-electron chi connectivity index (χ2n) is 4.53. The zero-order chi connectivity index (χ0) is 11.9. The lowest BCUT2D eigenvalue weighted by atomic mass is 10.1. The van der Waals surface area contributed by atoms with Gasteiger partial charge in [-0.15, -0.1) is 0 Å². The standard InChI is InChI=1S/C11H16N4O/c1-6(2)5-9-13-11-12-8(4)7(3)10(16)15(11)14-9/h6H,5H2,1-4H3,(H,12,13,14). The van der Waals surface area contributed by atoms with E-state index in [4.69, 9.17) is 0 Å². The van der Waals surface area contributed by atoms with Gasteiger partial charge in [-0.25, -0.2) is 4.98 Å². The van der Waals surface area contributed by atoms with E-state index in [2.05, 4.69) is 28.9 Å². The maximum absolute atomic E-state index is 11.9. The van der Waals surface area contributed by atoms with E-state index >= 15 is 0 Å². The van der Waals surface area contributed by atoms with Crippen LogP contribution < -0.4 is 5.56 Å². The van der Waals surface area contributed by atoms with Gasteiger partial charge in [0.1, 0.15) is 5.82 Å². The molecule has 2 rings (SSSR count). The van der Waals surface area contributed by atoms with Gasteiger partial charge in [-0.2, -0.15) is 9.50 Å². The molecular weight excluding hydrogens is 204 g/mol. The Morgan fingerprint density at radius 1 is 1.31 bits per heavy atom. The van der Waals surface area contributed by atoms with Crippen molar-refractivity contribution in [1.29, 1.82) is 0 Å². The first-order valence-corrected chi connectivity index (χ1v) is 5.44. The summed E-state index contributed by atoms with van der Waals surface area (Å²) in [6.07, 6.45) is 0.820. The summed E-state index contributed by atoms with van der Waals surface area (Å²) in [7, 11) is 0. The Morgan fingerprint density at radius 2 is 2.00 bits per heavy atom. The second-order valence-corrected chi connectivity index (χ2v) is 4.53. The van der Waals surface area contributed by atoms with Crippen LogP contribution in [0.3, 0.4) is 0 Å². The molecule has 0 aromatic carbocycles. The monoisotopic (exact) mass is 220 g/mol. The number of aromatic amines is 1. The Bertz CT molecular complexity index is 579. The van der Waals surface area contributed by atoms with Crippen molar-refractivity contribution in [1.82, 2.24) is 19.6 Å². The summed E-state index contributed by atoms with van der Waals surface area (Å²) in [6, 6.07) is 0. The van der Waals surface area contributed by atoms with Gasteiger partial charge >= 0.3 is 0 Å².